The molecule has 8 nitrogen and oxygen atoms in total. The molecular formula is C10H16N4O4. The SMILES string of the molecule is N#CCCN.N#CCCN.O=C(O)/C=C/C(=O)O. The number of aliphatic carboxylic acids is 2. The summed E-state index contributed by atoms with van der Waals surface area (Å²) in [5.74, 6) is -2.51. The monoisotopic (exact) mass is 256 g/mol. The van der Waals surface area contributed by atoms with Crippen molar-refractivity contribution in [2.75, 3.05) is 13.1 Å². The lowest BCUT2D eigenvalue weighted by molar-refractivity contribution is -0.134. The molecule has 18 heavy (non-hydrogen) atoms. The second-order valence-corrected chi connectivity index (χ2v) is 2.40. The third-order valence-corrected chi connectivity index (χ3v) is 0.881. The first-order chi connectivity index (χ1) is 8.45. The maximum atomic E-state index is 9.55. The Kier molecular flexibility index (Phi) is 23.3. The molecule has 0 fully saturated rings. The summed E-state index contributed by atoms with van der Waals surface area (Å²) in [6.45, 7) is 0.965. The first kappa shape index (κ1) is 20.9. The van der Waals surface area contributed by atoms with E-state index in [9.17, 15) is 9.59 Å². The minimum absolute atomic E-state index is 0.472. The summed E-state index contributed by atoms with van der Waals surface area (Å²) >= 11 is 0. The lowest BCUT2D eigenvalue weighted by Crippen LogP contribution is -1.94. The fourth-order valence-electron chi connectivity index (χ4n) is 0.272. The summed E-state index contributed by atoms with van der Waals surface area (Å²) in [5, 5.41) is 31.1. The Morgan fingerprint density at radius 3 is 1.28 bits per heavy atom. The van der Waals surface area contributed by atoms with Gasteiger partial charge in [0, 0.05) is 38.1 Å². The molecule has 0 rings (SSSR count). The van der Waals surface area contributed by atoms with Crippen LogP contribution in [0, 0.1) is 22.7 Å². The van der Waals surface area contributed by atoms with Crippen LogP contribution in [0.4, 0.5) is 0 Å². The van der Waals surface area contributed by atoms with Crippen LogP contribution < -0.4 is 11.5 Å². The Morgan fingerprint density at radius 2 is 1.22 bits per heavy atom. The van der Waals surface area contributed by atoms with Gasteiger partial charge in [0.25, 0.3) is 0 Å². The number of nitrogens with two attached hydrogens (primary N) is 2. The van der Waals surface area contributed by atoms with Gasteiger partial charge in [0.1, 0.15) is 0 Å². The van der Waals surface area contributed by atoms with Gasteiger partial charge >= 0.3 is 11.9 Å². The van der Waals surface area contributed by atoms with E-state index in [-0.39, 0.29) is 0 Å². The van der Waals surface area contributed by atoms with E-state index < -0.39 is 11.9 Å². The van der Waals surface area contributed by atoms with Gasteiger partial charge in [-0.3, -0.25) is 0 Å². The fraction of sp³-hybridized carbons (Fsp3) is 0.400. The number of rotatable bonds is 4. The van der Waals surface area contributed by atoms with Gasteiger partial charge < -0.3 is 21.7 Å². The van der Waals surface area contributed by atoms with Gasteiger partial charge in [-0.05, 0) is 0 Å². The van der Waals surface area contributed by atoms with E-state index in [4.69, 9.17) is 32.2 Å². The Balaban J connectivity index is -0.000000197. The Morgan fingerprint density at radius 1 is 0.944 bits per heavy atom. The van der Waals surface area contributed by atoms with Crippen LogP contribution in [-0.4, -0.2) is 35.2 Å². The summed E-state index contributed by atoms with van der Waals surface area (Å²) < 4.78 is 0. The molecule has 0 radical (unpaired) electrons. The van der Waals surface area contributed by atoms with Gasteiger partial charge in [-0.1, -0.05) is 0 Å². The molecule has 0 amide bonds. The van der Waals surface area contributed by atoms with E-state index in [1.807, 2.05) is 12.1 Å². The van der Waals surface area contributed by atoms with Crippen molar-refractivity contribution in [2.45, 2.75) is 12.8 Å². The van der Waals surface area contributed by atoms with Crippen LogP contribution >= 0.6 is 0 Å². The highest BCUT2D eigenvalue weighted by atomic mass is 16.4. The minimum atomic E-state index is -1.26. The van der Waals surface area contributed by atoms with Crippen LogP contribution in [-0.2, 0) is 9.59 Å². The second-order valence-electron chi connectivity index (χ2n) is 2.40. The number of nitrogens with zero attached hydrogens (tertiary/aromatic N) is 2. The second kappa shape index (κ2) is 20.1. The van der Waals surface area contributed by atoms with Gasteiger partial charge in [0.05, 0.1) is 12.1 Å². The predicted molar refractivity (Wildman–Crippen MR) is 63.0 cm³/mol. The van der Waals surface area contributed by atoms with Crippen LogP contribution in [0.2, 0.25) is 0 Å². The van der Waals surface area contributed by atoms with Crippen molar-refractivity contribution in [3.05, 3.63) is 12.2 Å². The highest BCUT2D eigenvalue weighted by Crippen LogP contribution is 1.70. The number of hydrogen-bond donors (Lipinski definition) is 4. The van der Waals surface area contributed by atoms with E-state index in [2.05, 4.69) is 0 Å². The van der Waals surface area contributed by atoms with Gasteiger partial charge in [-0.25, -0.2) is 9.59 Å². The van der Waals surface area contributed by atoms with Crippen molar-refractivity contribution in [3.8, 4) is 12.1 Å². The molecule has 6 N–H and O–H groups in total. The number of carboxylic acids is 2. The molecule has 0 aromatic rings. The molecule has 0 unspecified atom stereocenters. The molecule has 0 saturated heterocycles. The van der Waals surface area contributed by atoms with Crippen molar-refractivity contribution in [3.63, 3.8) is 0 Å². The first-order valence-corrected chi connectivity index (χ1v) is 4.74. The third kappa shape index (κ3) is 49.6. The number of carboxylic acid groups (broad SMARTS) is 2. The molecule has 0 bridgehead atoms. The topological polar surface area (TPSA) is 174 Å². The Bertz CT molecular complexity index is 296. The number of nitriles is 2. The zero-order chi connectivity index (χ0) is 14.8. The van der Waals surface area contributed by atoms with Crippen molar-refractivity contribution >= 4 is 11.9 Å². The summed E-state index contributed by atoms with van der Waals surface area (Å²) in [6.07, 6.45) is 2.06. The van der Waals surface area contributed by atoms with Crippen molar-refractivity contribution in [1.29, 1.82) is 10.5 Å². The molecule has 8 heteroatoms. The highest BCUT2D eigenvalue weighted by molar-refractivity contribution is 5.89. The fourth-order valence-corrected chi connectivity index (χ4v) is 0.272. The molecule has 0 aliphatic heterocycles. The van der Waals surface area contributed by atoms with Crippen molar-refractivity contribution in [1.82, 2.24) is 0 Å². The van der Waals surface area contributed by atoms with Crippen molar-refractivity contribution in [2.24, 2.45) is 11.5 Å². The van der Waals surface area contributed by atoms with E-state index in [0.29, 0.717) is 38.1 Å². The molecular weight excluding hydrogens is 240 g/mol. The average molecular weight is 256 g/mol. The van der Waals surface area contributed by atoms with Crippen LogP contribution in [0.1, 0.15) is 12.8 Å². The lowest BCUT2D eigenvalue weighted by Gasteiger charge is -1.74. The molecule has 0 aromatic heterocycles. The maximum absolute atomic E-state index is 9.55. The standard InChI is InChI=1S/C4H4O4.2C3H6N2/c5-3(6)1-2-4(7)8;2*4-2-1-3-5/h1-2H,(H,5,6)(H,7,8);2*1-2,4H2/b2-1+;;. The molecule has 0 atom stereocenters. The largest absolute Gasteiger partial charge is 0.478 e. The summed E-state index contributed by atoms with van der Waals surface area (Å²) in [4.78, 5) is 19.1. The molecule has 0 saturated carbocycles. The van der Waals surface area contributed by atoms with Crippen LogP contribution in [0.5, 0.6) is 0 Å². The smallest absolute Gasteiger partial charge is 0.328 e. The Labute approximate surface area is 105 Å². The van der Waals surface area contributed by atoms with Gasteiger partial charge in [-0.15, -0.1) is 0 Å². The van der Waals surface area contributed by atoms with Crippen molar-refractivity contribution < 1.29 is 19.8 Å². The highest BCUT2D eigenvalue weighted by Gasteiger charge is 1.88. The minimum Gasteiger partial charge on any atom is -0.478 e. The van der Waals surface area contributed by atoms with E-state index >= 15 is 0 Å². The molecule has 0 aliphatic rings. The first-order valence-electron chi connectivity index (χ1n) is 4.74. The molecule has 0 aromatic carbocycles. The third-order valence-electron chi connectivity index (χ3n) is 0.881. The molecule has 100 valence electrons. The van der Waals surface area contributed by atoms with Gasteiger partial charge in [0.2, 0.25) is 0 Å². The Hall–Kier alpha value is -2.42. The maximum Gasteiger partial charge on any atom is 0.328 e. The van der Waals surface area contributed by atoms with Gasteiger partial charge in [0.15, 0.2) is 0 Å². The predicted octanol–water partition coefficient (Wildman–Crippen LogP) is -0.571. The number of carbonyl (C=O) groups is 2. The number of hydrogen-bond acceptors (Lipinski definition) is 6. The van der Waals surface area contributed by atoms with Crippen LogP contribution in [0.3, 0.4) is 0 Å². The van der Waals surface area contributed by atoms with E-state index in [1.165, 1.54) is 0 Å². The van der Waals surface area contributed by atoms with Gasteiger partial charge in [-0.2, -0.15) is 10.5 Å². The summed E-state index contributed by atoms with van der Waals surface area (Å²) in [6, 6.07) is 3.78. The zero-order valence-electron chi connectivity index (χ0n) is 9.74. The van der Waals surface area contributed by atoms with E-state index in [0.717, 1.165) is 0 Å². The average Bonchev–Trinajstić information content (AvgIpc) is 2.30. The van der Waals surface area contributed by atoms with Crippen LogP contribution in [0.15, 0.2) is 12.2 Å². The quantitative estimate of drug-likeness (QED) is 0.483. The zero-order valence-corrected chi connectivity index (χ0v) is 9.74. The molecule has 0 aliphatic carbocycles. The molecule has 0 heterocycles. The summed E-state index contributed by atoms with van der Waals surface area (Å²) in [7, 11) is 0. The van der Waals surface area contributed by atoms with Crippen LogP contribution in [0.25, 0.3) is 0 Å². The molecule has 0 spiro atoms. The summed E-state index contributed by atoms with van der Waals surface area (Å²) in [5.41, 5.74) is 9.83. The van der Waals surface area contributed by atoms with E-state index in [1.54, 1.807) is 0 Å². The lowest BCUT2D eigenvalue weighted by atomic mass is 10.5. The normalized spacial score (nSPS) is 7.78.